The van der Waals surface area contributed by atoms with E-state index >= 15 is 0 Å². The van der Waals surface area contributed by atoms with Crippen molar-refractivity contribution in [1.29, 1.82) is 0 Å². The lowest BCUT2D eigenvalue weighted by Crippen LogP contribution is -1.98. The molecular weight excluding hydrogens is 162 g/mol. The van der Waals surface area contributed by atoms with Crippen LogP contribution in [0.2, 0.25) is 0 Å². The summed E-state index contributed by atoms with van der Waals surface area (Å²) < 4.78 is 1.79. The highest BCUT2D eigenvalue weighted by molar-refractivity contribution is 5.43. The molecule has 0 aliphatic heterocycles. The van der Waals surface area contributed by atoms with Gasteiger partial charge in [-0.3, -0.25) is 4.68 Å². The average Bonchev–Trinajstić information content (AvgIpc) is 2.70. The van der Waals surface area contributed by atoms with E-state index in [9.17, 15) is 0 Å². The highest BCUT2D eigenvalue weighted by Crippen LogP contribution is 2.35. The molecule has 13 heavy (non-hydrogen) atoms. The zero-order valence-corrected chi connectivity index (χ0v) is 8.38. The maximum atomic E-state index is 5.87. The Kier molecular flexibility index (Phi) is 2.02. The number of nitrogens with two attached hydrogens (primary N) is 1. The Morgan fingerprint density at radius 1 is 1.38 bits per heavy atom. The molecule has 0 amide bonds. The Labute approximate surface area is 78.9 Å². The van der Waals surface area contributed by atoms with Crippen molar-refractivity contribution in [3.8, 4) is 0 Å². The van der Waals surface area contributed by atoms with Crippen molar-refractivity contribution >= 4 is 5.82 Å². The van der Waals surface area contributed by atoms with Crippen molar-refractivity contribution in [2.24, 2.45) is 7.05 Å². The van der Waals surface area contributed by atoms with E-state index in [1.165, 1.54) is 36.9 Å². The third kappa shape index (κ3) is 1.32. The van der Waals surface area contributed by atoms with E-state index in [1.807, 2.05) is 7.05 Å². The summed E-state index contributed by atoms with van der Waals surface area (Å²) in [4.78, 5) is 0. The highest BCUT2D eigenvalue weighted by atomic mass is 15.3. The van der Waals surface area contributed by atoms with Crippen LogP contribution in [0.4, 0.5) is 5.82 Å². The Hall–Kier alpha value is -0.990. The van der Waals surface area contributed by atoms with Crippen molar-refractivity contribution in [1.82, 2.24) is 9.78 Å². The van der Waals surface area contributed by atoms with Gasteiger partial charge >= 0.3 is 0 Å². The number of anilines is 1. The molecule has 0 bridgehead atoms. The van der Waals surface area contributed by atoms with Gasteiger partial charge in [-0.2, -0.15) is 5.10 Å². The van der Waals surface area contributed by atoms with Crippen LogP contribution in [0.5, 0.6) is 0 Å². The predicted octanol–water partition coefficient (Wildman–Crippen LogP) is 1.97. The Morgan fingerprint density at radius 2 is 2.00 bits per heavy atom. The Bertz CT molecular complexity index is 308. The first kappa shape index (κ1) is 8.60. The molecule has 1 saturated carbocycles. The van der Waals surface area contributed by atoms with Gasteiger partial charge in [0.05, 0.1) is 5.69 Å². The fraction of sp³-hybridized carbons (Fsp3) is 0.700. The van der Waals surface area contributed by atoms with Crippen LogP contribution in [0.1, 0.15) is 42.9 Å². The summed E-state index contributed by atoms with van der Waals surface area (Å²) in [5.41, 5.74) is 8.29. The minimum Gasteiger partial charge on any atom is -0.384 e. The summed E-state index contributed by atoms with van der Waals surface area (Å²) >= 11 is 0. The van der Waals surface area contributed by atoms with Crippen molar-refractivity contribution in [3.05, 3.63) is 11.3 Å². The lowest BCUT2D eigenvalue weighted by Gasteiger charge is -2.05. The van der Waals surface area contributed by atoms with Crippen molar-refractivity contribution in [2.75, 3.05) is 5.73 Å². The van der Waals surface area contributed by atoms with Crippen LogP contribution in [0.25, 0.3) is 0 Å². The molecule has 3 heteroatoms. The average molecular weight is 179 g/mol. The number of nitrogens with zero attached hydrogens (tertiary/aromatic N) is 2. The van der Waals surface area contributed by atoms with Crippen LogP contribution in [-0.4, -0.2) is 9.78 Å². The normalized spacial score (nSPS) is 18.3. The summed E-state index contributed by atoms with van der Waals surface area (Å²) in [5, 5.41) is 4.48. The molecule has 2 N–H and O–H groups in total. The van der Waals surface area contributed by atoms with E-state index in [0.29, 0.717) is 5.92 Å². The molecule has 1 heterocycles. The second-order valence-electron chi connectivity index (χ2n) is 4.00. The second-order valence-corrected chi connectivity index (χ2v) is 4.00. The van der Waals surface area contributed by atoms with Gasteiger partial charge in [0.2, 0.25) is 0 Å². The van der Waals surface area contributed by atoms with Gasteiger partial charge in [0.25, 0.3) is 0 Å². The molecule has 1 aliphatic rings. The fourth-order valence-corrected chi connectivity index (χ4v) is 2.25. The van der Waals surface area contributed by atoms with Crippen LogP contribution < -0.4 is 5.73 Å². The number of hydrogen-bond donors (Lipinski definition) is 1. The van der Waals surface area contributed by atoms with Gasteiger partial charge in [-0.15, -0.1) is 0 Å². The zero-order valence-electron chi connectivity index (χ0n) is 8.38. The molecule has 0 aromatic carbocycles. The number of aryl methyl sites for hydroxylation is 1. The Morgan fingerprint density at radius 3 is 2.46 bits per heavy atom. The van der Waals surface area contributed by atoms with Crippen molar-refractivity contribution in [3.63, 3.8) is 0 Å². The van der Waals surface area contributed by atoms with Gasteiger partial charge in [-0.25, -0.2) is 0 Å². The maximum Gasteiger partial charge on any atom is 0.124 e. The molecule has 3 nitrogen and oxygen atoms in total. The highest BCUT2D eigenvalue weighted by Gasteiger charge is 2.22. The topological polar surface area (TPSA) is 43.8 Å². The number of hydrogen-bond acceptors (Lipinski definition) is 2. The predicted molar refractivity (Wildman–Crippen MR) is 53.6 cm³/mol. The molecule has 1 aromatic heterocycles. The van der Waals surface area contributed by atoms with Gasteiger partial charge < -0.3 is 5.73 Å². The second kappa shape index (κ2) is 3.05. The number of aromatic nitrogens is 2. The molecule has 1 aromatic rings. The summed E-state index contributed by atoms with van der Waals surface area (Å²) in [6.45, 7) is 2.08. The van der Waals surface area contributed by atoms with Crippen LogP contribution in [-0.2, 0) is 7.05 Å². The maximum absolute atomic E-state index is 5.87. The van der Waals surface area contributed by atoms with Crippen molar-refractivity contribution < 1.29 is 0 Å². The van der Waals surface area contributed by atoms with E-state index in [1.54, 1.807) is 4.68 Å². The molecule has 0 saturated heterocycles. The zero-order chi connectivity index (χ0) is 9.42. The summed E-state index contributed by atoms with van der Waals surface area (Å²) in [6, 6.07) is 0. The first-order valence-corrected chi connectivity index (χ1v) is 4.99. The van der Waals surface area contributed by atoms with Gasteiger partial charge in [0.1, 0.15) is 5.82 Å². The lowest BCUT2D eigenvalue weighted by molar-refractivity contribution is 0.657. The summed E-state index contributed by atoms with van der Waals surface area (Å²) in [7, 11) is 1.92. The molecular formula is C10H17N3. The molecule has 0 radical (unpaired) electrons. The third-order valence-corrected chi connectivity index (χ3v) is 3.12. The largest absolute Gasteiger partial charge is 0.384 e. The summed E-state index contributed by atoms with van der Waals surface area (Å²) in [5.74, 6) is 1.49. The van der Waals surface area contributed by atoms with Gasteiger partial charge in [-0.1, -0.05) is 12.8 Å². The Balaban J connectivity index is 2.34. The fourth-order valence-electron chi connectivity index (χ4n) is 2.25. The summed E-state index contributed by atoms with van der Waals surface area (Å²) in [6.07, 6.45) is 5.27. The van der Waals surface area contributed by atoms with Crippen LogP contribution in [0.3, 0.4) is 0 Å². The van der Waals surface area contributed by atoms with Gasteiger partial charge in [0.15, 0.2) is 0 Å². The third-order valence-electron chi connectivity index (χ3n) is 3.12. The van der Waals surface area contributed by atoms with Gasteiger partial charge in [0, 0.05) is 18.5 Å². The lowest BCUT2D eigenvalue weighted by atomic mass is 10.0. The first-order valence-electron chi connectivity index (χ1n) is 4.99. The minimum absolute atomic E-state index is 0.670. The smallest absolute Gasteiger partial charge is 0.124 e. The SMILES string of the molecule is Cc1c(C2CCCC2)nn(C)c1N. The molecule has 72 valence electrons. The monoisotopic (exact) mass is 179 g/mol. The molecule has 2 rings (SSSR count). The van der Waals surface area contributed by atoms with Gasteiger partial charge in [-0.05, 0) is 19.8 Å². The minimum atomic E-state index is 0.670. The van der Waals surface area contributed by atoms with E-state index in [4.69, 9.17) is 5.73 Å². The molecule has 0 unspecified atom stereocenters. The molecule has 0 atom stereocenters. The first-order chi connectivity index (χ1) is 6.20. The van der Waals surface area contributed by atoms with E-state index in [2.05, 4.69) is 12.0 Å². The van der Waals surface area contributed by atoms with Crippen LogP contribution >= 0.6 is 0 Å². The molecule has 1 fully saturated rings. The number of nitrogen functional groups attached to an aromatic ring is 1. The van der Waals surface area contributed by atoms with E-state index in [0.717, 1.165) is 5.82 Å². The van der Waals surface area contributed by atoms with E-state index < -0.39 is 0 Å². The molecule has 0 spiro atoms. The van der Waals surface area contributed by atoms with Crippen molar-refractivity contribution in [2.45, 2.75) is 38.5 Å². The molecule has 1 aliphatic carbocycles. The van der Waals surface area contributed by atoms with E-state index in [-0.39, 0.29) is 0 Å². The van der Waals surface area contributed by atoms with Crippen LogP contribution in [0, 0.1) is 6.92 Å². The quantitative estimate of drug-likeness (QED) is 0.716. The van der Waals surface area contributed by atoms with Crippen LogP contribution in [0.15, 0.2) is 0 Å². The standard InChI is InChI=1S/C10H17N3/c1-7-9(8-5-3-4-6-8)12-13(2)10(7)11/h8H,3-6,11H2,1-2H3. The number of rotatable bonds is 1.